The van der Waals surface area contributed by atoms with Crippen LogP contribution in [0.15, 0.2) is 42.6 Å². The lowest BCUT2D eigenvalue weighted by atomic mass is 9.95. The molecule has 0 aromatic heterocycles. The molecule has 0 aliphatic carbocycles. The van der Waals surface area contributed by atoms with Crippen LogP contribution in [0.4, 0.5) is 0 Å². The first-order valence-corrected chi connectivity index (χ1v) is 6.00. The number of rotatable bonds is 3. The van der Waals surface area contributed by atoms with Gasteiger partial charge in [0.25, 0.3) is 0 Å². The van der Waals surface area contributed by atoms with Crippen molar-refractivity contribution in [3.63, 3.8) is 0 Å². The molecule has 90 valence electrons. The van der Waals surface area contributed by atoms with E-state index in [1.54, 1.807) is 7.11 Å². The Morgan fingerprint density at radius 3 is 2.65 bits per heavy atom. The fraction of sp³-hybridized carbons (Fsp3) is 0.333. The third-order valence-corrected chi connectivity index (χ3v) is 3.02. The molecule has 2 rings (SSSR count). The van der Waals surface area contributed by atoms with Crippen molar-refractivity contribution in [2.75, 3.05) is 7.11 Å². The minimum Gasteiger partial charge on any atom is -0.496 e. The lowest BCUT2D eigenvalue weighted by Gasteiger charge is -2.22. The Labute approximate surface area is 103 Å². The maximum Gasteiger partial charge on any atom is 0.127 e. The Kier molecular flexibility index (Phi) is 3.52. The molecule has 1 aliphatic rings. The third-order valence-electron chi connectivity index (χ3n) is 3.02. The van der Waals surface area contributed by atoms with E-state index in [-0.39, 0.29) is 6.04 Å². The summed E-state index contributed by atoms with van der Waals surface area (Å²) in [5, 5.41) is 3.33. The molecule has 1 heterocycles. The van der Waals surface area contributed by atoms with E-state index in [0.29, 0.717) is 5.92 Å². The van der Waals surface area contributed by atoms with E-state index < -0.39 is 0 Å². The molecular formula is C15H19NO. The largest absolute Gasteiger partial charge is 0.496 e. The monoisotopic (exact) mass is 229 g/mol. The summed E-state index contributed by atoms with van der Waals surface area (Å²) in [6.45, 7) is 4.37. The van der Waals surface area contributed by atoms with Crippen LogP contribution in [0.2, 0.25) is 0 Å². The average Bonchev–Trinajstić information content (AvgIpc) is 2.38. The first kappa shape index (κ1) is 11.8. The van der Waals surface area contributed by atoms with Gasteiger partial charge in [0, 0.05) is 5.56 Å². The highest BCUT2D eigenvalue weighted by atomic mass is 16.5. The summed E-state index contributed by atoms with van der Waals surface area (Å²) in [6, 6.07) is 6.55. The predicted octanol–water partition coefficient (Wildman–Crippen LogP) is 3.53. The molecule has 2 nitrogen and oxygen atoms in total. The highest BCUT2D eigenvalue weighted by Gasteiger charge is 2.17. The van der Waals surface area contributed by atoms with Gasteiger partial charge < -0.3 is 10.1 Å². The van der Waals surface area contributed by atoms with Crippen LogP contribution in [-0.2, 0) is 0 Å². The second kappa shape index (κ2) is 5.09. The van der Waals surface area contributed by atoms with Crippen molar-refractivity contribution in [2.24, 2.45) is 0 Å². The molecule has 1 N–H and O–H groups in total. The molecular weight excluding hydrogens is 210 g/mol. The highest BCUT2D eigenvalue weighted by molar-refractivity contribution is 5.46. The Balaban J connectivity index is 2.43. The molecule has 0 bridgehead atoms. The van der Waals surface area contributed by atoms with Crippen molar-refractivity contribution in [3.05, 3.63) is 53.8 Å². The number of methoxy groups -OCH3 is 1. The second-order valence-corrected chi connectivity index (χ2v) is 4.51. The van der Waals surface area contributed by atoms with Crippen molar-refractivity contribution in [1.29, 1.82) is 0 Å². The quantitative estimate of drug-likeness (QED) is 0.856. The van der Waals surface area contributed by atoms with Crippen molar-refractivity contribution >= 4 is 0 Å². The van der Waals surface area contributed by atoms with Gasteiger partial charge in [-0.3, -0.25) is 0 Å². The molecule has 0 saturated carbocycles. The summed E-state index contributed by atoms with van der Waals surface area (Å²) in [5.74, 6) is 1.47. The van der Waals surface area contributed by atoms with Crippen LogP contribution in [0.1, 0.15) is 36.9 Å². The van der Waals surface area contributed by atoms with E-state index in [4.69, 9.17) is 4.74 Å². The van der Waals surface area contributed by atoms with Crippen LogP contribution in [0.5, 0.6) is 5.75 Å². The molecule has 0 amide bonds. The molecule has 0 saturated heterocycles. The fourth-order valence-electron chi connectivity index (χ4n) is 2.15. The Bertz CT molecular complexity index is 446. The summed E-state index contributed by atoms with van der Waals surface area (Å²) < 4.78 is 5.59. The van der Waals surface area contributed by atoms with Gasteiger partial charge in [-0.2, -0.15) is 0 Å². The standard InChI is InChI=1S/C15H19NO/c1-11(2)12-7-6-8-13(15(12)17-3)14-9-4-5-10-16-14/h4-11,14,16H,1-3H3. The zero-order valence-corrected chi connectivity index (χ0v) is 10.6. The normalized spacial score (nSPS) is 18.2. The number of benzene rings is 1. The number of allylic oxidation sites excluding steroid dienone is 2. The lowest BCUT2D eigenvalue weighted by Crippen LogP contribution is -2.16. The summed E-state index contributed by atoms with van der Waals surface area (Å²) in [6.07, 6.45) is 8.16. The first-order valence-electron chi connectivity index (χ1n) is 6.00. The molecule has 0 fully saturated rings. The van der Waals surface area contributed by atoms with Gasteiger partial charge in [-0.15, -0.1) is 0 Å². The summed E-state index contributed by atoms with van der Waals surface area (Å²) in [4.78, 5) is 0. The van der Waals surface area contributed by atoms with Crippen LogP contribution >= 0.6 is 0 Å². The number of hydrogen-bond acceptors (Lipinski definition) is 2. The molecule has 0 radical (unpaired) electrons. The van der Waals surface area contributed by atoms with Gasteiger partial charge >= 0.3 is 0 Å². The SMILES string of the molecule is COc1c(C(C)C)cccc1C1C=CC=CN1. The van der Waals surface area contributed by atoms with Crippen LogP contribution in [0.3, 0.4) is 0 Å². The number of para-hydroxylation sites is 1. The van der Waals surface area contributed by atoms with E-state index in [9.17, 15) is 0 Å². The van der Waals surface area contributed by atoms with Gasteiger partial charge in [0.15, 0.2) is 0 Å². The zero-order chi connectivity index (χ0) is 12.3. The predicted molar refractivity (Wildman–Crippen MR) is 71.2 cm³/mol. The van der Waals surface area contributed by atoms with Crippen molar-refractivity contribution in [1.82, 2.24) is 5.32 Å². The number of hydrogen-bond donors (Lipinski definition) is 1. The van der Waals surface area contributed by atoms with E-state index >= 15 is 0 Å². The van der Waals surface area contributed by atoms with Crippen LogP contribution in [0.25, 0.3) is 0 Å². The Morgan fingerprint density at radius 2 is 2.06 bits per heavy atom. The number of ether oxygens (including phenoxy) is 1. The maximum absolute atomic E-state index is 5.59. The van der Waals surface area contributed by atoms with Gasteiger partial charge in [-0.1, -0.05) is 44.2 Å². The van der Waals surface area contributed by atoms with Crippen molar-refractivity contribution < 1.29 is 4.74 Å². The second-order valence-electron chi connectivity index (χ2n) is 4.51. The molecule has 1 atom stereocenters. The molecule has 0 spiro atoms. The van der Waals surface area contributed by atoms with Crippen LogP contribution in [-0.4, -0.2) is 7.11 Å². The average molecular weight is 229 g/mol. The van der Waals surface area contributed by atoms with E-state index in [2.05, 4.69) is 49.5 Å². The minimum absolute atomic E-state index is 0.202. The molecule has 2 heteroatoms. The van der Waals surface area contributed by atoms with Gasteiger partial charge in [0.1, 0.15) is 5.75 Å². The molecule has 17 heavy (non-hydrogen) atoms. The molecule has 1 unspecified atom stereocenters. The molecule has 1 aliphatic heterocycles. The van der Waals surface area contributed by atoms with Gasteiger partial charge in [-0.25, -0.2) is 0 Å². The van der Waals surface area contributed by atoms with Crippen LogP contribution < -0.4 is 10.1 Å². The highest BCUT2D eigenvalue weighted by Crippen LogP contribution is 2.34. The summed E-state index contributed by atoms with van der Waals surface area (Å²) in [5.41, 5.74) is 2.45. The van der Waals surface area contributed by atoms with Gasteiger partial charge in [0.2, 0.25) is 0 Å². The Hall–Kier alpha value is -1.70. The van der Waals surface area contributed by atoms with Gasteiger partial charge in [0.05, 0.1) is 13.2 Å². The zero-order valence-electron chi connectivity index (χ0n) is 10.6. The Morgan fingerprint density at radius 1 is 1.24 bits per heavy atom. The smallest absolute Gasteiger partial charge is 0.127 e. The van der Waals surface area contributed by atoms with Gasteiger partial charge in [-0.05, 0) is 23.8 Å². The third kappa shape index (κ3) is 2.36. The topological polar surface area (TPSA) is 21.3 Å². The van der Waals surface area contributed by atoms with E-state index in [1.165, 1.54) is 11.1 Å². The summed E-state index contributed by atoms with van der Waals surface area (Å²) >= 11 is 0. The van der Waals surface area contributed by atoms with Crippen LogP contribution in [0, 0.1) is 0 Å². The number of nitrogens with one attached hydrogen (secondary N) is 1. The number of dihydropyridines is 1. The van der Waals surface area contributed by atoms with Crippen molar-refractivity contribution in [2.45, 2.75) is 25.8 Å². The first-order chi connectivity index (χ1) is 8.24. The fourth-order valence-corrected chi connectivity index (χ4v) is 2.15. The summed E-state index contributed by atoms with van der Waals surface area (Å²) in [7, 11) is 1.74. The lowest BCUT2D eigenvalue weighted by molar-refractivity contribution is 0.399. The minimum atomic E-state index is 0.202. The van der Waals surface area contributed by atoms with Crippen molar-refractivity contribution in [3.8, 4) is 5.75 Å². The molecule has 1 aromatic rings. The van der Waals surface area contributed by atoms with E-state index in [1.807, 2.05) is 12.3 Å². The molecule has 1 aromatic carbocycles. The van der Waals surface area contributed by atoms with E-state index in [0.717, 1.165) is 5.75 Å². The maximum atomic E-state index is 5.59.